The van der Waals surface area contributed by atoms with Gasteiger partial charge in [-0.2, -0.15) is 0 Å². The van der Waals surface area contributed by atoms with Crippen LogP contribution < -0.4 is 5.32 Å². The fourth-order valence-corrected chi connectivity index (χ4v) is 2.62. The van der Waals surface area contributed by atoms with Crippen LogP contribution in [0.2, 0.25) is 0 Å². The van der Waals surface area contributed by atoms with Crippen molar-refractivity contribution in [2.75, 3.05) is 5.32 Å². The molecule has 0 amide bonds. The zero-order valence-corrected chi connectivity index (χ0v) is 13.5. The Morgan fingerprint density at radius 2 is 1.72 bits per heavy atom. The van der Waals surface area contributed by atoms with Crippen LogP contribution in [0.4, 0.5) is 5.69 Å². The van der Waals surface area contributed by atoms with Gasteiger partial charge in [0, 0.05) is 20.7 Å². The van der Waals surface area contributed by atoms with Crippen molar-refractivity contribution in [1.29, 1.82) is 0 Å². The van der Waals surface area contributed by atoms with Gasteiger partial charge < -0.3 is 5.32 Å². The average Bonchev–Trinajstić information content (AvgIpc) is 2.34. The number of nitrogens with one attached hydrogen (secondary N) is 1. The summed E-state index contributed by atoms with van der Waals surface area (Å²) in [5.41, 5.74) is 3.68. The molecule has 1 N–H and O–H groups in total. The Hall–Kier alpha value is -0.800. The lowest BCUT2D eigenvalue weighted by Gasteiger charge is -2.18. The smallest absolute Gasteiger partial charge is 0.0486 e. The van der Waals surface area contributed by atoms with Crippen LogP contribution in [0.5, 0.6) is 0 Å². The third-order valence-corrected chi connectivity index (χ3v) is 3.91. The van der Waals surface area contributed by atoms with Gasteiger partial charge in [-0.3, -0.25) is 0 Å². The van der Waals surface area contributed by atoms with Crippen LogP contribution in [0, 0.1) is 6.92 Å². The summed E-state index contributed by atoms with van der Waals surface area (Å²) in [4.78, 5) is 0. The molecule has 0 saturated carbocycles. The van der Waals surface area contributed by atoms with Crippen molar-refractivity contribution < 1.29 is 0 Å². The Morgan fingerprint density at radius 3 is 2.44 bits per heavy atom. The van der Waals surface area contributed by atoms with Gasteiger partial charge in [0.2, 0.25) is 0 Å². The molecule has 0 heterocycles. The maximum atomic E-state index is 3.54. The van der Waals surface area contributed by atoms with Crippen LogP contribution in [0.3, 0.4) is 0 Å². The second-order valence-electron chi connectivity index (χ2n) is 4.38. The molecule has 0 aliphatic rings. The van der Waals surface area contributed by atoms with E-state index in [1.54, 1.807) is 0 Å². The van der Waals surface area contributed by atoms with Crippen molar-refractivity contribution in [2.24, 2.45) is 0 Å². The van der Waals surface area contributed by atoms with Crippen molar-refractivity contribution in [2.45, 2.75) is 19.9 Å². The third-order valence-electron chi connectivity index (χ3n) is 2.92. The molecular weight excluding hydrogens is 354 g/mol. The van der Waals surface area contributed by atoms with E-state index in [1.165, 1.54) is 11.1 Å². The van der Waals surface area contributed by atoms with E-state index in [9.17, 15) is 0 Å². The van der Waals surface area contributed by atoms with E-state index in [2.05, 4.69) is 87.4 Å². The summed E-state index contributed by atoms with van der Waals surface area (Å²) in [5.74, 6) is 0. The van der Waals surface area contributed by atoms with Gasteiger partial charge in [0.05, 0.1) is 0 Å². The molecule has 2 aromatic rings. The van der Waals surface area contributed by atoms with E-state index in [4.69, 9.17) is 0 Å². The maximum Gasteiger partial charge on any atom is 0.0486 e. The topological polar surface area (TPSA) is 12.0 Å². The quantitative estimate of drug-likeness (QED) is 0.733. The second-order valence-corrected chi connectivity index (χ2v) is 6.21. The Morgan fingerprint density at radius 1 is 1.00 bits per heavy atom. The van der Waals surface area contributed by atoms with Gasteiger partial charge in [-0.25, -0.2) is 0 Å². The van der Waals surface area contributed by atoms with Crippen LogP contribution in [0.25, 0.3) is 0 Å². The van der Waals surface area contributed by atoms with Crippen molar-refractivity contribution in [3.05, 3.63) is 62.5 Å². The van der Waals surface area contributed by atoms with Crippen LogP contribution in [-0.4, -0.2) is 0 Å². The summed E-state index contributed by atoms with van der Waals surface area (Å²) in [6.45, 7) is 4.28. The molecule has 1 unspecified atom stereocenters. The highest BCUT2D eigenvalue weighted by Gasteiger charge is 2.07. The van der Waals surface area contributed by atoms with Crippen LogP contribution >= 0.6 is 31.9 Å². The molecular formula is C15H15Br2N. The Labute approximate surface area is 125 Å². The standard InChI is InChI=1S/C15H15Br2N/c1-10-6-7-14(17)9-15(10)18-11(2)12-4-3-5-13(16)8-12/h3-9,11,18H,1-2H3. The van der Waals surface area contributed by atoms with Crippen LogP contribution in [0.15, 0.2) is 51.4 Å². The molecule has 0 aromatic heterocycles. The average molecular weight is 369 g/mol. The molecule has 2 rings (SSSR count). The van der Waals surface area contributed by atoms with Gasteiger partial charge in [0.25, 0.3) is 0 Å². The second kappa shape index (κ2) is 5.89. The fourth-order valence-electron chi connectivity index (χ4n) is 1.84. The molecule has 18 heavy (non-hydrogen) atoms. The molecule has 0 spiro atoms. The molecule has 2 aromatic carbocycles. The lowest BCUT2D eigenvalue weighted by Crippen LogP contribution is -2.07. The third kappa shape index (κ3) is 3.36. The highest BCUT2D eigenvalue weighted by molar-refractivity contribution is 9.10. The van der Waals surface area contributed by atoms with Gasteiger partial charge in [0.1, 0.15) is 0 Å². The SMILES string of the molecule is Cc1ccc(Br)cc1NC(C)c1cccc(Br)c1. The molecule has 0 aliphatic carbocycles. The minimum absolute atomic E-state index is 0.274. The molecule has 0 radical (unpaired) electrons. The zero-order valence-electron chi connectivity index (χ0n) is 10.4. The Bertz CT molecular complexity index is 552. The highest BCUT2D eigenvalue weighted by atomic mass is 79.9. The summed E-state index contributed by atoms with van der Waals surface area (Å²) in [7, 11) is 0. The molecule has 1 nitrogen and oxygen atoms in total. The van der Waals surface area contributed by atoms with E-state index in [0.29, 0.717) is 0 Å². The van der Waals surface area contributed by atoms with Crippen LogP contribution in [-0.2, 0) is 0 Å². The van der Waals surface area contributed by atoms with Crippen molar-refractivity contribution >= 4 is 37.5 Å². The first-order chi connectivity index (χ1) is 8.56. The van der Waals surface area contributed by atoms with Crippen molar-refractivity contribution in [3.8, 4) is 0 Å². The van der Waals surface area contributed by atoms with Gasteiger partial charge in [-0.1, -0.05) is 50.1 Å². The first-order valence-electron chi connectivity index (χ1n) is 5.84. The van der Waals surface area contributed by atoms with E-state index in [0.717, 1.165) is 14.6 Å². The number of rotatable bonds is 3. The number of benzene rings is 2. The zero-order chi connectivity index (χ0) is 13.1. The van der Waals surface area contributed by atoms with Gasteiger partial charge in [-0.15, -0.1) is 0 Å². The van der Waals surface area contributed by atoms with E-state index >= 15 is 0 Å². The van der Waals surface area contributed by atoms with E-state index in [1.807, 2.05) is 6.07 Å². The molecule has 3 heteroatoms. The van der Waals surface area contributed by atoms with Gasteiger partial charge >= 0.3 is 0 Å². The summed E-state index contributed by atoms with van der Waals surface area (Å²) >= 11 is 7.01. The summed E-state index contributed by atoms with van der Waals surface area (Å²) in [6, 6.07) is 14.9. The number of hydrogen-bond acceptors (Lipinski definition) is 1. The predicted octanol–water partition coefficient (Wildman–Crippen LogP) is 5.69. The van der Waals surface area contributed by atoms with E-state index in [-0.39, 0.29) is 6.04 Å². The fraction of sp³-hybridized carbons (Fsp3) is 0.200. The Kier molecular flexibility index (Phi) is 4.46. The molecule has 94 valence electrons. The minimum atomic E-state index is 0.274. The van der Waals surface area contributed by atoms with Crippen molar-refractivity contribution in [3.63, 3.8) is 0 Å². The lowest BCUT2D eigenvalue weighted by atomic mass is 10.1. The predicted molar refractivity (Wildman–Crippen MR) is 85.1 cm³/mol. The number of halogens is 2. The molecule has 1 atom stereocenters. The number of hydrogen-bond donors (Lipinski definition) is 1. The molecule has 0 aliphatic heterocycles. The molecule has 0 saturated heterocycles. The Balaban J connectivity index is 2.21. The van der Waals surface area contributed by atoms with Crippen LogP contribution in [0.1, 0.15) is 24.1 Å². The summed E-state index contributed by atoms with van der Waals surface area (Å²) in [6.07, 6.45) is 0. The number of anilines is 1. The largest absolute Gasteiger partial charge is 0.378 e. The maximum absolute atomic E-state index is 3.54. The normalized spacial score (nSPS) is 12.2. The van der Waals surface area contributed by atoms with Crippen molar-refractivity contribution in [1.82, 2.24) is 0 Å². The van der Waals surface area contributed by atoms with E-state index < -0.39 is 0 Å². The first kappa shape index (κ1) is 13.6. The summed E-state index contributed by atoms with van der Waals surface area (Å²) in [5, 5.41) is 3.54. The highest BCUT2D eigenvalue weighted by Crippen LogP contribution is 2.26. The lowest BCUT2D eigenvalue weighted by molar-refractivity contribution is 0.881. The number of aryl methyl sites for hydroxylation is 1. The monoisotopic (exact) mass is 367 g/mol. The summed E-state index contributed by atoms with van der Waals surface area (Å²) < 4.78 is 2.21. The first-order valence-corrected chi connectivity index (χ1v) is 7.43. The van der Waals surface area contributed by atoms with Gasteiger partial charge in [0.15, 0.2) is 0 Å². The minimum Gasteiger partial charge on any atom is -0.378 e. The molecule has 0 fully saturated rings. The van der Waals surface area contributed by atoms with Gasteiger partial charge in [-0.05, 0) is 49.2 Å². The molecule has 0 bridgehead atoms.